The van der Waals surface area contributed by atoms with Crippen LogP contribution >= 0.6 is 0 Å². The summed E-state index contributed by atoms with van der Waals surface area (Å²) < 4.78 is 5.54. The summed E-state index contributed by atoms with van der Waals surface area (Å²) in [5.74, 6) is 0.0634. The van der Waals surface area contributed by atoms with Crippen molar-refractivity contribution in [3.63, 3.8) is 0 Å². The van der Waals surface area contributed by atoms with E-state index in [0.29, 0.717) is 18.2 Å². The predicted octanol–water partition coefficient (Wildman–Crippen LogP) is 0.921. The Morgan fingerprint density at radius 2 is 1.91 bits per heavy atom. The fourth-order valence-electron chi connectivity index (χ4n) is 1.89. The van der Waals surface area contributed by atoms with Crippen molar-refractivity contribution in [3.8, 4) is 11.5 Å². The molecule has 7 heteroatoms. The molecule has 2 amide bonds. The highest BCUT2D eigenvalue weighted by Gasteiger charge is 2.14. The zero-order chi connectivity index (χ0) is 16.1. The molecule has 2 N–H and O–H groups in total. The zero-order valence-corrected chi connectivity index (χ0v) is 12.6. The van der Waals surface area contributed by atoms with Crippen LogP contribution in [0.25, 0.3) is 11.5 Å². The lowest BCUT2D eigenvalue weighted by Crippen LogP contribution is -2.35. The van der Waals surface area contributed by atoms with Gasteiger partial charge in [0.15, 0.2) is 0 Å². The van der Waals surface area contributed by atoms with Gasteiger partial charge in [0.05, 0.1) is 6.54 Å². The van der Waals surface area contributed by atoms with Crippen molar-refractivity contribution in [1.82, 2.24) is 15.1 Å². The number of primary amides is 1. The monoisotopic (exact) mass is 302 g/mol. The van der Waals surface area contributed by atoms with Crippen LogP contribution in [0.4, 0.5) is 0 Å². The zero-order valence-electron chi connectivity index (χ0n) is 12.6. The lowest BCUT2D eigenvalue weighted by atomic mass is 10.1. The molecule has 0 atom stereocenters. The minimum absolute atomic E-state index is 0.0999. The van der Waals surface area contributed by atoms with Gasteiger partial charge in [-0.25, -0.2) is 0 Å². The summed E-state index contributed by atoms with van der Waals surface area (Å²) in [4.78, 5) is 23.8. The lowest BCUT2D eigenvalue weighted by Gasteiger charge is -2.13. The van der Waals surface area contributed by atoms with Gasteiger partial charge in [0.1, 0.15) is 0 Å². The molecule has 0 unspecified atom stereocenters. The van der Waals surface area contributed by atoms with Crippen molar-refractivity contribution >= 4 is 11.8 Å². The molecule has 0 radical (unpaired) electrons. The molecule has 0 saturated carbocycles. The Morgan fingerprint density at radius 3 is 2.55 bits per heavy atom. The number of amides is 2. The molecule has 0 aliphatic carbocycles. The molecule has 0 aliphatic heterocycles. The van der Waals surface area contributed by atoms with Crippen molar-refractivity contribution < 1.29 is 14.0 Å². The molecular formula is C15H18N4O3. The van der Waals surface area contributed by atoms with Crippen molar-refractivity contribution in [1.29, 1.82) is 0 Å². The molecule has 0 fully saturated rings. The molecule has 0 saturated heterocycles. The number of carbonyl (C=O) groups excluding carboxylic acids is 2. The van der Waals surface area contributed by atoms with Crippen LogP contribution in [-0.4, -0.2) is 40.5 Å². The molecule has 1 aromatic carbocycles. The van der Waals surface area contributed by atoms with Crippen molar-refractivity contribution in [3.05, 3.63) is 35.7 Å². The topological polar surface area (TPSA) is 102 Å². The van der Waals surface area contributed by atoms with E-state index in [9.17, 15) is 9.59 Å². The van der Waals surface area contributed by atoms with E-state index in [4.69, 9.17) is 10.2 Å². The first-order valence-electron chi connectivity index (χ1n) is 6.87. The molecule has 2 rings (SSSR count). The van der Waals surface area contributed by atoms with E-state index in [1.807, 2.05) is 31.2 Å². The molecule has 0 aliphatic rings. The number of nitrogens with two attached hydrogens (primary N) is 1. The normalized spacial score (nSPS) is 10.5. The maximum absolute atomic E-state index is 11.8. The first-order valence-corrected chi connectivity index (χ1v) is 6.87. The van der Waals surface area contributed by atoms with E-state index in [0.717, 1.165) is 11.1 Å². The quantitative estimate of drug-likeness (QED) is 0.854. The van der Waals surface area contributed by atoms with E-state index in [1.54, 1.807) is 0 Å². The summed E-state index contributed by atoms with van der Waals surface area (Å²) in [6.45, 7) is 1.90. The number of aryl methyl sites for hydroxylation is 2. The van der Waals surface area contributed by atoms with E-state index in [1.165, 1.54) is 11.9 Å². The number of carbonyl (C=O) groups is 2. The van der Waals surface area contributed by atoms with Gasteiger partial charge in [-0.2, -0.15) is 0 Å². The Bertz CT molecular complexity index is 664. The van der Waals surface area contributed by atoms with Gasteiger partial charge < -0.3 is 15.1 Å². The summed E-state index contributed by atoms with van der Waals surface area (Å²) in [6, 6.07) is 7.72. The highest BCUT2D eigenvalue weighted by molar-refractivity contribution is 5.83. The number of benzene rings is 1. The van der Waals surface area contributed by atoms with Crippen LogP contribution in [0, 0.1) is 6.92 Å². The summed E-state index contributed by atoms with van der Waals surface area (Å²) >= 11 is 0. The number of likely N-dealkylation sites (N-methyl/N-ethyl adjacent to an activating group) is 1. The van der Waals surface area contributed by atoms with Crippen LogP contribution in [0.15, 0.2) is 28.7 Å². The van der Waals surface area contributed by atoms with Crippen molar-refractivity contribution in [2.45, 2.75) is 19.8 Å². The lowest BCUT2D eigenvalue weighted by molar-refractivity contribution is -0.133. The molecule has 1 aromatic heterocycles. The number of rotatable bonds is 6. The van der Waals surface area contributed by atoms with Crippen LogP contribution in [0.3, 0.4) is 0 Å². The van der Waals surface area contributed by atoms with E-state index in [-0.39, 0.29) is 18.9 Å². The maximum Gasteiger partial charge on any atom is 0.247 e. The molecule has 0 spiro atoms. The number of hydrogen-bond donors (Lipinski definition) is 1. The molecule has 1 heterocycles. The standard InChI is InChI=1S/C15H18N4O3/c1-10-3-5-11(6-4-10)15-18-17-13(22-15)7-8-14(21)19(2)9-12(16)20/h3-6H,7-9H2,1-2H3,(H2,16,20). The van der Waals surface area contributed by atoms with Crippen LogP contribution in [0.5, 0.6) is 0 Å². The SMILES string of the molecule is Cc1ccc(-c2nnc(CCC(=O)N(C)CC(N)=O)o2)cc1. The van der Waals surface area contributed by atoms with Gasteiger partial charge in [-0.3, -0.25) is 9.59 Å². The van der Waals surface area contributed by atoms with Crippen LogP contribution in [-0.2, 0) is 16.0 Å². The fourth-order valence-corrected chi connectivity index (χ4v) is 1.89. The Kier molecular flexibility index (Phi) is 4.88. The fraction of sp³-hybridized carbons (Fsp3) is 0.333. The summed E-state index contributed by atoms with van der Waals surface area (Å²) in [5.41, 5.74) is 7.02. The van der Waals surface area contributed by atoms with Gasteiger partial charge >= 0.3 is 0 Å². The first kappa shape index (κ1) is 15.7. The van der Waals surface area contributed by atoms with Crippen LogP contribution in [0.1, 0.15) is 17.9 Å². The van der Waals surface area contributed by atoms with Gasteiger partial charge in [0, 0.05) is 25.5 Å². The minimum Gasteiger partial charge on any atom is -0.421 e. The molecule has 0 bridgehead atoms. The third-order valence-electron chi connectivity index (χ3n) is 3.14. The second kappa shape index (κ2) is 6.84. The third kappa shape index (κ3) is 4.15. The molecule has 2 aromatic rings. The van der Waals surface area contributed by atoms with Gasteiger partial charge in [0.2, 0.25) is 23.6 Å². The van der Waals surface area contributed by atoms with Gasteiger partial charge in [0.25, 0.3) is 0 Å². The van der Waals surface area contributed by atoms with Gasteiger partial charge in [-0.15, -0.1) is 10.2 Å². The van der Waals surface area contributed by atoms with Crippen molar-refractivity contribution in [2.75, 3.05) is 13.6 Å². The molecule has 7 nitrogen and oxygen atoms in total. The second-order valence-electron chi connectivity index (χ2n) is 5.08. The Balaban J connectivity index is 1.93. The molecule has 22 heavy (non-hydrogen) atoms. The summed E-state index contributed by atoms with van der Waals surface area (Å²) in [7, 11) is 1.53. The number of hydrogen-bond acceptors (Lipinski definition) is 5. The number of aromatic nitrogens is 2. The molecule has 116 valence electrons. The number of nitrogens with zero attached hydrogens (tertiary/aromatic N) is 3. The first-order chi connectivity index (χ1) is 10.5. The smallest absolute Gasteiger partial charge is 0.247 e. The summed E-state index contributed by atoms with van der Waals surface area (Å²) in [6.07, 6.45) is 0.500. The Morgan fingerprint density at radius 1 is 1.23 bits per heavy atom. The largest absolute Gasteiger partial charge is 0.421 e. The van der Waals surface area contributed by atoms with E-state index in [2.05, 4.69) is 10.2 Å². The van der Waals surface area contributed by atoms with Crippen molar-refractivity contribution in [2.24, 2.45) is 5.73 Å². The second-order valence-corrected chi connectivity index (χ2v) is 5.08. The highest BCUT2D eigenvalue weighted by atomic mass is 16.4. The average Bonchev–Trinajstić information content (AvgIpc) is 2.93. The predicted molar refractivity (Wildman–Crippen MR) is 79.6 cm³/mol. The van der Waals surface area contributed by atoms with Gasteiger partial charge in [-0.05, 0) is 19.1 Å². The molecular weight excluding hydrogens is 284 g/mol. The average molecular weight is 302 g/mol. The van der Waals surface area contributed by atoms with Gasteiger partial charge in [-0.1, -0.05) is 17.7 Å². The van der Waals surface area contributed by atoms with Crippen LogP contribution < -0.4 is 5.73 Å². The third-order valence-corrected chi connectivity index (χ3v) is 3.14. The van der Waals surface area contributed by atoms with E-state index >= 15 is 0 Å². The maximum atomic E-state index is 11.8. The summed E-state index contributed by atoms with van der Waals surface area (Å²) in [5, 5.41) is 7.90. The highest BCUT2D eigenvalue weighted by Crippen LogP contribution is 2.18. The Hall–Kier alpha value is -2.70. The minimum atomic E-state index is -0.546. The van der Waals surface area contributed by atoms with E-state index < -0.39 is 5.91 Å². The Labute approximate surface area is 128 Å². The van der Waals surface area contributed by atoms with Crippen LogP contribution in [0.2, 0.25) is 0 Å².